The van der Waals surface area contributed by atoms with Gasteiger partial charge >= 0.3 is 12.1 Å². The fourth-order valence-corrected chi connectivity index (χ4v) is 3.30. The first-order chi connectivity index (χ1) is 12.2. The maximum Gasteiger partial charge on any atom is 0.410 e. The summed E-state index contributed by atoms with van der Waals surface area (Å²) >= 11 is 5.66. The molecule has 0 saturated carbocycles. The second kappa shape index (κ2) is 10.8. The van der Waals surface area contributed by atoms with Crippen LogP contribution in [0.2, 0.25) is 0 Å². The van der Waals surface area contributed by atoms with Crippen molar-refractivity contribution in [3.05, 3.63) is 0 Å². The molecule has 1 rings (SSSR count). The Morgan fingerprint density at radius 1 is 1.15 bits per heavy atom. The Hall–Kier alpha value is -1.30. The number of Topliss-reactive ketones (excluding diaryl/α,β-unsaturated/α-hetero) is 1. The van der Waals surface area contributed by atoms with Crippen LogP contribution < -0.4 is 0 Å². The Balaban J connectivity index is 2.68. The van der Waals surface area contributed by atoms with Crippen molar-refractivity contribution in [1.82, 2.24) is 4.90 Å². The number of ether oxygens (including phenoxy) is 2. The maximum absolute atomic E-state index is 12.6. The zero-order valence-corrected chi connectivity index (χ0v) is 17.1. The van der Waals surface area contributed by atoms with Crippen molar-refractivity contribution < 1.29 is 23.9 Å². The first-order valence-electron chi connectivity index (χ1n) is 9.42. The smallest absolute Gasteiger partial charge is 0.410 e. The van der Waals surface area contributed by atoms with E-state index >= 15 is 0 Å². The fraction of sp³-hybridized carbons (Fsp3) is 0.842. The van der Waals surface area contributed by atoms with Crippen LogP contribution in [0.5, 0.6) is 0 Å². The summed E-state index contributed by atoms with van der Waals surface area (Å²) in [5.41, 5.74) is -0.542. The number of nitrogens with zero attached hydrogens (tertiary/aromatic N) is 1. The topological polar surface area (TPSA) is 72.9 Å². The van der Waals surface area contributed by atoms with Gasteiger partial charge in [0.05, 0.1) is 6.61 Å². The lowest BCUT2D eigenvalue weighted by atomic mass is 9.80. The zero-order valence-electron chi connectivity index (χ0n) is 16.4. The number of unbranched alkanes of at least 4 members (excludes halogenated alkanes) is 1. The molecular weight excluding hydrogens is 358 g/mol. The van der Waals surface area contributed by atoms with E-state index in [1.165, 1.54) is 0 Å². The molecule has 26 heavy (non-hydrogen) atoms. The van der Waals surface area contributed by atoms with Crippen molar-refractivity contribution in [2.75, 3.05) is 25.6 Å². The summed E-state index contributed by atoms with van der Waals surface area (Å²) in [5.74, 6) is -0.864. The molecule has 1 saturated heterocycles. The van der Waals surface area contributed by atoms with Crippen LogP contribution >= 0.6 is 11.6 Å². The number of rotatable bonds is 8. The number of carbonyl (C=O) groups is 3. The number of halogens is 1. The minimum absolute atomic E-state index is 0.0794. The minimum atomic E-state index is -0.744. The summed E-state index contributed by atoms with van der Waals surface area (Å²) < 4.78 is 10.5. The lowest BCUT2D eigenvalue weighted by Crippen LogP contribution is -2.45. The molecule has 7 heteroatoms. The number of piperidine rings is 1. The van der Waals surface area contributed by atoms with Crippen molar-refractivity contribution in [3.63, 3.8) is 0 Å². The van der Waals surface area contributed by atoms with E-state index in [2.05, 4.69) is 0 Å². The monoisotopic (exact) mass is 389 g/mol. The van der Waals surface area contributed by atoms with E-state index in [0.29, 0.717) is 44.7 Å². The third kappa shape index (κ3) is 7.52. The number of ketones is 1. The number of amides is 1. The Bertz CT molecular complexity index is 481. The number of hydrogen-bond acceptors (Lipinski definition) is 5. The van der Waals surface area contributed by atoms with Gasteiger partial charge in [0.2, 0.25) is 0 Å². The second-order valence-corrected chi connectivity index (χ2v) is 8.02. The molecular formula is C19H32ClNO5. The van der Waals surface area contributed by atoms with Gasteiger partial charge < -0.3 is 14.4 Å². The van der Waals surface area contributed by atoms with Crippen molar-refractivity contribution in [1.29, 1.82) is 0 Å². The van der Waals surface area contributed by atoms with Gasteiger partial charge in [0.25, 0.3) is 0 Å². The van der Waals surface area contributed by atoms with E-state index in [1.807, 2.05) is 20.8 Å². The fourth-order valence-electron chi connectivity index (χ4n) is 3.11. The Kier molecular flexibility index (Phi) is 9.41. The van der Waals surface area contributed by atoms with Crippen LogP contribution in [0.1, 0.15) is 59.8 Å². The summed E-state index contributed by atoms with van der Waals surface area (Å²) in [7, 11) is 0. The van der Waals surface area contributed by atoms with Gasteiger partial charge in [0.15, 0.2) is 0 Å². The van der Waals surface area contributed by atoms with Crippen LogP contribution in [0.3, 0.4) is 0 Å². The second-order valence-electron chi connectivity index (χ2n) is 7.65. The molecule has 1 heterocycles. The Morgan fingerprint density at radius 3 is 2.27 bits per heavy atom. The van der Waals surface area contributed by atoms with Crippen LogP contribution in [0, 0.1) is 11.8 Å². The largest absolute Gasteiger partial charge is 0.465 e. The maximum atomic E-state index is 12.6. The first-order valence-corrected chi connectivity index (χ1v) is 9.96. The molecule has 1 aliphatic heterocycles. The van der Waals surface area contributed by atoms with Crippen molar-refractivity contribution in [2.24, 2.45) is 11.8 Å². The van der Waals surface area contributed by atoms with E-state index in [1.54, 1.807) is 11.8 Å². The minimum Gasteiger partial charge on any atom is -0.465 e. The summed E-state index contributed by atoms with van der Waals surface area (Å²) in [6, 6.07) is 0. The van der Waals surface area contributed by atoms with Gasteiger partial charge in [0, 0.05) is 25.4 Å². The van der Waals surface area contributed by atoms with Crippen molar-refractivity contribution in [2.45, 2.75) is 65.4 Å². The molecule has 1 unspecified atom stereocenters. The normalized spacial score (nSPS) is 16.9. The van der Waals surface area contributed by atoms with E-state index < -0.39 is 17.5 Å². The van der Waals surface area contributed by atoms with Crippen LogP contribution in [0.15, 0.2) is 0 Å². The standard InChI is InChI=1S/C19H32ClNO5/c1-5-25-17(23)16(15(22)8-6-7-11-20)14-9-12-21(13-10-14)18(24)26-19(2,3)4/h14,16H,5-13H2,1-4H3. The van der Waals surface area contributed by atoms with Gasteiger partial charge in [-0.05, 0) is 59.3 Å². The first kappa shape index (κ1) is 22.7. The zero-order chi connectivity index (χ0) is 19.7. The molecule has 0 aromatic heterocycles. The highest BCUT2D eigenvalue weighted by Crippen LogP contribution is 2.29. The highest BCUT2D eigenvalue weighted by Gasteiger charge is 2.38. The molecule has 0 aromatic rings. The van der Waals surface area contributed by atoms with Gasteiger partial charge in [-0.2, -0.15) is 0 Å². The van der Waals surface area contributed by atoms with Crippen LogP contribution in [-0.2, 0) is 19.1 Å². The van der Waals surface area contributed by atoms with E-state index in [0.717, 1.165) is 6.42 Å². The van der Waals surface area contributed by atoms with Gasteiger partial charge in [-0.25, -0.2) is 4.79 Å². The summed E-state index contributed by atoms with van der Waals surface area (Å²) in [6.45, 7) is 8.42. The van der Waals surface area contributed by atoms with Gasteiger partial charge in [-0.3, -0.25) is 9.59 Å². The SMILES string of the molecule is CCOC(=O)C(C(=O)CCCCCl)C1CCN(C(=O)OC(C)(C)C)CC1. The van der Waals surface area contributed by atoms with Crippen molar-refractivity contribution in [3.8, 4) is 0 Å². The number of carbonyl (C=O) groups excluding carboxylic acids is 3. The van der Waals surface area contributed by atoms with Crippen LogP contribution in [0.4, 0.5) is 4.79 Å². The molecule has 1 fully saturated rings. The van der Waals surface area contributed by atoms with E-state index in [4.69, 9.17) is 21.1 Å². The highest BCUT2D eigenvalue weighted by molar-refractivity contribution is 6.17. The lowest BCUT2D eigenvalue weighted by molar-refractivity contribution is -0.154. The molecule has 0 spiro atoms. The third-order valence-electron chi connectivity index (χ3n) is 4.36. The molecule has 1 aliphatic rings. The predicted molar refractivity (Wildman–Crippen MR) is 100 cm³/mol. The highest BCUT2D eigenvalue weighted by atomic mass is 35.5. The molecule has 1 atom stereocenters. The quantitative estimate of drug-likeness (QED) is 0.273. The molecule has 0 N–H and O–H groups in total. The summed E-state index contributed by atoms with van der Waals surface area (Å²) in [4.78, 5) is 38.7. The number of esters is 1. The predicted octanol–water partition coefficient (Wildman–Crippen LogP) is 3.79. The number of likely N-dealkylation sites (tertiary alicyclic amines) is 1. The van der Waals surface area contributed by atoms with Crippen LogP contribution in [-0.4, -0.2) is 53.9 Å². The van der Waals surface area contributed by atoms with E-state index in [9.17, 15) is 14.4 Å². The molecule has 6 nitrogen and oxygen atoms in total. The molecule has 0 radical (unpaired) electrons. The average Bonchev–Trinajstić information content (AvgIpc) is 2.54. The molecule has 0 aromatic carbocycles. The molecule has 150 valence electrons. The summed E-state index contributed by atoms with van der Waals surface area (Å²) in [5, 5.41) is 0. The van der Waals surface area contributed by atoms with Crippen LogP contribution in [0.25, 0.3) is 0 Å². The molecule has 0 bridgehead atoms. The van der Waals surface area contributed by atoms with E-state index in [-0.39, 0.29) is 24.4 Å². The molecule has 1 amide bonds. The van der Waals surface area contributed by atoms with Gasteiger partial charge in [-0.1, -0.05) is 0 Å². The number of alkyl halides is 1. The lowest BCUT2D eigenvalue weighted by Gasteiger charge is -2.35. The molecule has 0 aliphatic carbocycles. The Morgan fingerprint density at radius 2 is 1.77 bits per heavy atom. The third-order valence-corrected chi connectivity index (χ3v) is 4.62. The van der Waals surface area contributed by atoms with Crippen molar-refractivity contribution >= 4 is 29.4 Å². The Labute approximate surface area is 161 Å². The van der Waals surface area contributed by atoms with Gasteiger partial charge in [-0.15, -0.1) is 11.6 Å². The summed E-state index contributed by atoms with van der Waals surface area (Å²) in [6.07, 6.45) is 2.59. The number of hydrogen-bond donors (Lipinski definition) is 0. The van der Waals surface area contributed by atoms with Gasteiger partial charge in [0.1, 0.15) is 17.3 Å². The average molecular weight is 390 g/mol.